The fourth-order valence-electron chi connectivity index (χ4n) is 3.68. The number of piperazine rings is 1. The van der Waals surface area contributed by atoms with Gasteiger partial charge in [-0.05, 0) is 12.1 Å². The zero-order valence-electron chi connectivity index (χ0n) is 19.5. The van der Waals surface area contributed by atoms with E-state index in [0.717, 1.165) is 18.8 Å². The van der Waals surface area contributed by atoms with Gasteiger partial charge < -0.3 is 15.1 Å². The number of nitriles is 1. The lowest BCUT2D eigenvalue weighted by Gasteiger charge is -2.36. The van der Waals surface area contributed by atoms with Gasteiger partial charge in [0.25, 0.3) is 0 Å². The van der Waals surface area contributed by atoms with Crippen LogP contribution in [0.2, 0.25) is 0 Å². The molecule has 1 amide bonds. The van der Waals surface area contributed by atoms with Crippen molar-refractivity contribution in [2.75, 3.05) is 41.3 Å². The Labute approximate surface area is 203 Å². The van der Waals surface area contributed by atoms with E-state index in [1.807, 2.05) is 63.2 Å². The van der Waals surface area contributed by atoms with E-state index in [0.29, 0.717) is 40.0 Å². The van der Waals surface area contributed by atoms with Gasteiger partial charge in [-0.25, -0.2) is 4.98 Å². The second-order valence-electron chi connectivity index (χ2n) is 9.18. The summed E-state index contributed by atoms with van der Waals surface area (Å²) in [5.74, 6) is -0.0365. The van der Waals surface area contributed by atoms with Gasteiger partial charge in [0.05, 0.1) is 11.3 Å². The molecule has 0 spiro atoms. The maximum Gasteiger partial charge on any atom is 0.230 e. The van der Waals surface area contributed by atoms with Gasteiger partial charge in [-0.15, -0.1) is 0 Å². The monoisotopic (exact) mass is 473 g/mol. The number of hydrogen-bond acceptors (Lipinski definition) is 7. The van der Waals surface area contributed by atoms with Gasteiger partial charge in [0.2, 0.25) is 11.7 Å². The van der Waals surface area contributed by atoms with E-state index >= 15 is 0 Å². The molecular weight excluding hydrogens is 446 g/mol. The maximum atomic E-state index is 13.3. The SMILES string of the molecule is CC(C)(C)C(=O)Nc1nc(N2CCN(c3ccccc3C#N)CC2)sc1C(=O)c1ccccc1. The molecule has 0 atom stereocenters. The normalized spacial score (nSPS) is 13.9. The first-order chi connectivity index (χ1) is 16.3. The van der Waals surface area contributed by atoms with Crippen molar-refractivity contribution in [1.29, 1.82) is 5.26 Å². The van der Waals surface area contributed by atoms with Crippen LogP contribution in [-0.4, -0.2) is 42.9 Å². The minimum atomic E-state index is -0.614. The molecule has 4 rings (SSSR count). The van der Waals surface area contributed by atoms with E-state index in [1.165, 1.54) is 11.3 Å². The molecule has 2 aromatic carbocycles. The predicted octanol–water partition coefficient (Wildman–Crippen LogP) is 4.56. The van der Waals surface area contributed by atoms with Crippen LogP contribution >= 0.6 is 11.3 Å². The molecule has 34 heavy (non-hydrogen) atoms. The van der Waals surface area contributed by atoms with Crippen LogP contribution in [0.4, 0.5) is 16.6 Å². The zero-order valence-corrected chi connectivity index (χ0v) is 20.4. The quantitative estimate of drug-likeness (QED) is 0.547. The molecule has 3 aromatic rings. The van der Waals surface area contributed by atoms with Crippen LogP contribution in [0.1, 0.15) is 41.6 Å². The molecule has 1 aliphatic rings. The van der Waals surface area contributed by atoms with Gasteiger partial charge in [-0.3, -0.25) is 9.59 Å². The van der Waals surface area contributed by atoms with E-state index in [2.05, 4.69) is 26.2 Å². The Kier molecular flexibility index (Phi) is 6.66. The van der Waals surface area contributed by atoms with E-state index < -0.39 is 5.41 Å². The third-order valence-corrected chi connectivity index (χ3v) is 6.80. The van der Waals surface area contributed by atoms with Crippen molar-refractivity contribution in [2.24, 2.45) is 5.41 Å². The number of ketones is 1. The van der Waals surface area contributed by atoms with Crippen LogP contribution in [0.25, 0.3) is 0 Å². The number of benzene rings is 2. The highest BCUT2D eigenvalue weighted by Gasteiger charge is 2.29. The highest BCUT2D eigenvalue weighted by molar-refractivity contribution is 7.18. The van der Waals surface area contributed by atoms with E-state index in [-0.39, 0.29) is 11.7 Å². The van der Waals surface area contributed by atoms with Gasteiger partial charge in [-0.1, -0.05) is 74.6 Å². The van der Waals surface area contributed by atoms with Crippen molar-refractivity contribution in [3.05, 3.63) is 70.6 Å². The lowest BCUT2D eigenvalue weighted by Crippen LogP contribution is -2.46. The topological polar surface area (TPSA) is 89.3 Å². The summed E-state index contributed by atoms with van der Waals surface area (Å²) < 4.78 is 0. The maximum absolute atomic E-state index is 13.3. The minimum absolute atomic E-state index is 0.157. The number of para-hydroxylation sites is 1. The Morgan fingerprint density at radius 2 is 1.59 bits per heavy atom. The number of rotatable bonds is 5. The summed E-state index contributed by atoms with van der Waals surface area (Å²) in [5, 5.41) is 13.0. The van der Waals surface area contributed by atoms with E-state index in [9.17, 15) is 14.9 Å². The summed E-state index contributed by atoms with van der Waals surface area (Å²) in [4.78, 5) is 35.4. The van der Waals surface area contributed by atoms with Crippen molar-refractivity contribution < 1.29 is 9.59 Å². The third kappa shape index (κ3) is 4.95. The van der Waals surface area contributed by atoms with Crippen molar-refractivity contribution in [3.8, 4) is 6.07 Å². The van der Waals surface area contributed by atoms with Gasteiger partial charge >= 0.3 is 0 Å². The Morgan fingerprint density at radius 3 is 2.24 bits per heavy atom. The number of carbonyl (C=O) groups excluding carboxylic acids is 2. The molecule has 7 nitrogen and oxygen atoms in total. The van der Waals surface area contributed by atoms with E-state index in [1.54, 1.807) is 12.1 Å². The fourth-order valence-corrected chi connectivity index (χ4v) is 4.72. The first kappa shape index (κ1) is 23.5. The number of nitrogens with one attached hydrogen (secondary N) is 1. The molecule has 0 aliphatic carbocycles. The Hall–Kier alpha value is -3.70. The number of amides is 1. The highest BCUT2D eigenvalue weighted by Crippen LogP contribution is 2.34. The molecule has 2 heterocycles. The summed E-state index contributed by atoms with van der Waals surface area (Å²) in [7, 11) is 0. The number of thiazole rings is 1. The molecule has 1 aliphatic heterocycles. The molecule has 1 fully saturated rings. The molecule has 174 valence electrons. The van der Waals surface area contributed by atoms with Crippen LogP contribution < -0.4 is 15.1 Å². The summed E-state index contributed by atoms with van der Waals surface area (Å²) >= 11 is 1.31. The average molecular weight is 474 g/mol. The second kappa shape index (κ2) is 9.65. The molecule has 1 aromatic heterocycles. The van der Waals surface area contributed by atoms with Gasteiger partial charge in [0, 0.05) is 37.2 Å². The van der Waals surface area contributed by atoms with Crippen LogP contribution in [0.3, 0.4) is 0 Å². The summed E-state index contributed by atoms with van der Waals surface area (Å²) in [5.41, 5.74) is 1.54. The van der Waals surface area contributed by atoms with E-state index in [4.69, 9.17) is 0 Å². The predicted molar refractivity (Wildman–Crippen MR) is 136 cm³/mol. The number of aromatic nitrogens is 1. The van der Waals surface area contributed by atoms with Crippen LogP contribution in [0.15, 0.2) is 54.6 Å². The summed E-state index contributed by atoms with van der Waals surface area (Å²) in [6.07, 6.45) is 0. The Bertz CT molecular complexity index is 1230. The molecular formula is C26H27N5O2S. The second-order valence-corrected chi connectivity index (χ2v) is 10.2. The van der Waals surface area contributed by atoms with Crippen molar-refractivity contribution in [1.82, 2.24) is 4.98 Å². The van der Waals surface area contributed by atoms with Crippen LogP contribution in [0.5, 0.6) is 0 Å². The van der Waals surface area contributed by atoms with Crippen molar-refractivity contribution in [2.45, 2.75) is 20.8 Å². The molecule has 0 unspecified atom stereocenters. The van der Waals surface area contributed by atoms with Crippen LogP contribution in [0, 0.1) is 16.7 Å². The standard InChI is InChI=1S/C26H27N5O2S/c1-26(2,3)24(33)28-23-22(21(32)18-9-5-4-6-10-18)34-25(29-23)31-15-13-30(14-16-31)20-12-8-7-11-19(20)17-27/h4-12H,13-16H2,1-3H3,(H,28,33). The number of carbonyl (C=O) groups is 2. The fraction of sp³-hybridized carbons (Fsp3) is 0.308. The molecule has 1 N–H and O–H groups in total. The number of hydrogen-bond donors (Lipinski definition) is 1. The molecule has 0 radical (unpaired) electrons. The largest absolute Gasteiger partial charge is 0.367 e. The third-order valence-electron chi connectivity index (χ3n) is 5.69. The van der Waals surface area contributed by atoms with Gasteiger partial charge in [-0.2, -0.15) is 5.26 Å². The van der Waals surface area contributed by atoms with Crippen LogP contribution in [-0.2, 0) is 4.79 Å². The highest BCUT2D eigenvalue weighted by atomic mass is 32.1. The Morgan fingerprint density at radius 1 is 0.971 bits per heavy atom. The van der Waals surface area contributed by atoms with Crippen molar-refractivity contribution in [3.63, 3.8) is 0 Å². The molecule has 0 saturated carbocycles. The zero-order chi connectivity index (χ0) is 24.3. The van der Waals surface area contributed by atoms with Crippen molar-refractivity contribution >= 4 is 39.7 Å². The first-order valence-corrected chi connectivity index (χ1v) is 12.0. The minimum Gasteiger partial charge on any atom is -0.367 e. The average Bonchev–Trinajstić information content (AvgIpc) is 3.27. The first-order valence-electron chi connectivity index (χ1n) is 11.2. The lowest BCUT2D eigenvalue weighted by molar-refractivity contribution is -0.123. The molecule has 8 heteroatoms. The number of nitrogens with zero attached hydrogens (tertiary/aromatic N) is 4. The molecule has 1 saturated heterocycles. The lowest BCUT2D eigenvalue weighted by atomic mass is 9.96. The number of anilines is 3. The molecule has 0 bridgehead atoms. The van der Waals surface area contributed by atoms with Gasteiger partial charge in [0.1, 0.15) is 10.9 Å². The Balaban J connectivity index is 1.58. The smallest absolute Gasteiger partial charge is 0.230 e. The summed E-state index contributed by atoms with van der Waals surface area (Å²) in [6, 6.07) is 18.9. The summed E-state index contributed by atoms with van der Waals surface area (Å²) in [6.45, 7) is 8.32. The van der Waals surface area contributed by atoms with Gasteiger partial charge in [0.15, 0.2) is 10.9 Å².